The monoisotopic (exact) mass is 335 g/mol. The van der Waals surface area contributed by atoms with Gasteiger partial charge in [0.25, 0.3) is 0 Å². The molecule has 2 aromatic rings. The van der Waals surface area contributed by atoms with E-state index in [9.17, 15) is 13.2 Å². The normalized spacial score (nSPS) is 11.6. The van der Waals surface area contributed by atoms with Crippen LogP contribution in [0.15, 0.2) is 52.0 Å². The number of nitrogens with zero attached hydrogens (tertiary/aromatic N) is 1. The quantitative estimate of drug-likeness (QED) is 0.808. The molecule has 7 nitrogen and oxygen atoms in total. The van der Waals surface area contributed by atoms with Crippen molar-refractivity contribution < 1.29 is 17.6 Å². The molecular weight excluding hydrogens is 318 g/mol. The van der Waals surface area contributed by atoms with Crippen LogP contribution in [-0.4, -0.2) is 28.4 Å². The first kappa shape index (κ1) is 16.8. The van der Waals surface area contributed by atoms with Crippen LogP contribution in [0.1, 0.15) is 5.76 Å². The fourth-order valence-corrected chi connectivity index (χ4v) is 2.44. The van der Waals surface area contributed by atoms with Crippen LogP contribution in [0.25, 0.3) is 6.08 Å². The van der Waals surface area contributed by atoms with Crippen molar-refractivity contribution in [3.05, 3.63) is 48.4 Å². The largest absolute Gasteiger partial charge is 0.465 e. The third kappa shape index (κ3) is 4.44. The number of amides is 1. The van der Waals surface area contributed by atoms with Gasteiger partial charge in [0.05, 0.1) is 22.5 Å². The highest BCUT2D eigenvalue weighted by Crippen LogP contribution is 2.27. The van der Waals surface area contributed by atoms with Gasteiger partial charge in [0, 0.05) is 20.2 Å². The number of benzene rings is 1. The van der Waals surface area contributed by atoms with Gasteiger partial charge >= 0.3 is 0 Å². The first-order valence-corrected chi connectivity index (χ1v) is 8.19. The number of primary sulfonamides is 1. The number of furan rings is 1. The van der Waals surface area contributed by atoms with Crippen molar-refractivity contribution in [2.24, 2.45) is 5.14 Å². The summed E-state index contributed by atoms with van der Waals surface area (Å²) in [6, 6.07) is 7.70. The molecule has 3 N–H and O–H groups in total. The van der Waals surface area contributed by atoms with E-state index >= 15 is 0 Å². The van der Waals surface area contributed by atoms with Gasteiger partial charge in [0.1, 0.15) is 5.76 Å². The average molecular weight is 335 g/mol. The summed E-state index contributed by atoms with van der Waals surface area (Å²) in [7, 11) is -0.298. The maximum atomic E-state index is 12.0. The molecule has 0 saturated carbocycles. The van der Waals surface area contributed by atoms with Gasteiger partial charge in [0.15, 0.2) is 0 Å². The van der Waals surface area contributed by atoms with E-state index < -0.39 is 15.9 Å². The van der Waals surface area contributed by atoms with Crippen LogP contribution < -0.4 is 15.4 Å². The van der Waals surface area contributed by atoms with Crippen LogP contribution in [0.3, 0.4) is 0 Å². The van der Waals surface area contributed by atoms with E-state index in [0.29, 0.717) is 17.1 Å². The molecule has 23 heavy (non-hydrogen) atoms. The molecule has 2 rings (SSSR count). The maximum Gasteiger partial charge on any atom is 0.248 e. The molecule has 1 heterocycles. The number of nitrogens with one attached hydrogen (secondary N) is 1. The predicted molar refractivity (Wildman–Crippen MR) is 88.5 cm³/mol. The molecule has 0 atom stereocenters. The van der Waals surface area contributed by atoms with Gasteiger partial charge in [-0.25, -0.2) is 13.6 Å². The number of rotatable bonds is 5. The Labute approximate surface area is 134 Å². The SMILES string of the molecule is CN(C)c1ccc(S(N)(=O)=O)cc1NC(=O)/C=C/c1ccco1. The molecule has 0 fully saturated rings. The van der Waals surface area contributed by atoms with E-state index in [1.807, 2.05) is 0 Å². The lowest BCUT2D eigenvalue weighted by molar-refractivity contribution is -0.111. The van der Waals surface area contributed by atoms with Crippen LogP contribution in [0.4, 0.5) is 11.4 Å². The zero-order valence-electron chi connectivity index (χ0n) is 12.7. The van der Waals surface area contributed by atoms with Crippen LogP contribution in [0.5, 0.6) is 0 Å². The van der Waals surface area contributed by atoms with E-state index in [2.05, 4.69) is 5.32 Å². The van der Waals surface area contributed by atoms with Crippen molar-refractivity contribution >= 4 is 33.4 Å². The third-order valence-corrected chi connectivity index (χ3v) is 3.89. The Morgan fingerprint density at radius 1 is 1.30 bits per heavy atom. The van der Waals surface area contributed by atoms with Crippen LogP contribution in [-0.2, 0) is 14.8 Å². The van der Waals surface area contributed by atoms with Gasteiger partial charge < -0.3 is 14.6 Å². The summed E-state index contributed by atoms with van der Waals surface area (Å²) in [6.07, 6.45) is 4.30. The van der Waals surface area contributed by atoms with Gasteiger partial charge in [-0.3, -0.25) is 4.79 Å². The van der Waals surface area contributed by atoms with Crippen molar-refractivity contribution in [2.45, 2.75) is 4.90 Å². The first-order valence-electron chi connectivity index (χ1n) is 6.64. The topological polar surface area (TPSA) is 106 Å². The van der Waals surface area contributed by atoms with Crippen LogP contribution >= 0.6 is 0 Å². The standard InChI is InChI=1S/C15H17N3O4S/c1-18(2)14-7-6-12(23(16,20)21)10-13(14)17-15(19)8-5-11-4-3-9-22-11/h3-10H,1-2H3,(H,17,19)(H2,16,20,21)/b8-5+. The fourth-order valence-electron chi connectivity index (χ4n) is 1.90. The minimum atomic E-state index is -3.85. The highest BCUT2D eigenvalue weighted by atomic mass is 32.2. The predicted octanol–water partition coefficient (Wildman–Crippen LogP) is 1.64. The fraction of sp³-hybridized carbons (Fsp3) is 0.133. The smallest absolute Gasteiger partial charge is 0.248 e. The second-order valence-corrected chi connectivity index (χ2v) is 6.52. The van der Waals surface area contributed by atoms with E-state index in [4.69, 9.17) is 9.56 Å². The lowest BCUT2D eigenvalue weighted by Gasteiger charge is -2.18. The van der Waals surface area contributed by atoms with Crippen molar-refractivity contribution in [1.29, 1.82) is 0 Å². The summed E-state index contributed by atoms with van der Waals surface area (Å²) in [5.41, 5.74) is 0.993. The lowest BCUT2D eigenvalue weighted by Crippen LogP contribution is -2.17. The molecule has 8 heteroatoms. The second kappa shape index (κ2) is 6.67. The molecule has 0 aliphatic heterocycles. The second-order valence-electron chi connectivity index (χ2n) is 4.96. The van der Waals surface area contributed by atoms with Gasteiger partial charge in [-0.15, -0.1) is 0 Å². The Bertz CT molecular complexity index is 824. The third-order valence-electron chi connectivity index (χ3n) is 2.98. The summed E-state index contributed by atoms with van der Waals surface area (Å²) < 4.78 is 28.0. The first-order chi connectivity index (χ1) is 10.8. The number of carbonyl (C=O) groups excluding carboxylic acids is 1. The van der Waals surface area contributed by atoms with Crippen LogP contribution in [0, 0.1) is 0 Å². The van der Waals surface area contributed by atoms with Gasteiger partial charge in [-0.2, -0.15) is 0 Å². The molecule has 122 valence electrons. The summed E-state index contributed by atoms with van der Waals surface area (Å²) in [5, 5.41) is 7.76. The van der Waals surface area contributed by atoms with Gasteiger partial charge in [-0.1, -0.05) is 0 Å². The summed E-state index contributed by atoms with van der Waals surface area (Å²) in [5.74, 6) is 0.113. The zero-order valence-corrected chi connectivity index (χ0v) is 13.5. The molecule has 0 unspecified atom stereocenters. The number of hydrogen-bond acceptors (Lipinski definition) is 5. The number of sulfonamides is 1. The lowest BCUT2D eigenvalue weighted by atomic mass is 10.2. The maximum absolute atomic E-state index is 12.0. The van der Waals surface area contributed by atoms with Gasteiger partial charge in [0.2, 0.25) is 15.9 Å². The van der Waals surface area contributed by atoms with E-state index in [1.165, 1.54) is 30.5 Å². The highest BCUT2D eigenvalue weighted by molar-refractivity contribution is 7.89. The van der Waals surface area contributed by atoms with Crippen molar-refractivity contribution in [1.82, 2.24) is 0 Å². The Morgan fingerprint density at radius 3 is 2.61 bits per heavy atom. The van der Waals surface area contributed by atoms with E-state index in [-0.39, 0.29) is 4.90 Å². The Balaban J connectivity index is 2.27. The van der Waals surface area contributed by atoms with Gasteiger partial charge in [-0.05, 0) is 36.4 Å². The molecule has 0 aliphatic rings. The van der Waals surface area contributed by atoms with Crippen molar-refractivity contribution in [2.75, 3.05) is 24.3 Å². The van der Waals surface area contributed by atoms with Crippen molar-refractivity contribution in [3.8, 4) is 0 Å². The number of carbonyl (C=O) groups is 1. The van der Waals surface area contributed by atoms with Crippen LogP contribution in [0.2, 0.25) is 0 Å². The molecule has 0 aliphatic carbocycles. The molecule has 1 aromatic heterocycles. The number of hydrogen-bond donors (Lipinski definition) is 2. The Kier molecular flexibility index (Phi) is 4.87. The van der Waals surface area contributed by atoms with Crippen molar-refractivity contribution in [3.63, 3.8) is 0 Å². The minimum absolute atomic E-state index is 0.0755. The Hall–Kier alpha value is -2.58. The van der Waals surface area contributed by atoms with E-state index in [1.54, 1.807) is 37.2 Å². The average Bonchev–Trinajstić information content (AvgIpc) is 2.97. The molecule has 0 saturated heterocycles. The number of nitrogens with two attached hydrogens (primary N) is 1. The van der Waals surface area contributed by atoms with E-state index in [0.717, 1.165) is 0 Å². The Morgan fingerprint density at radius 2 is 2.04 bits per heavy atom. The molecule has 0 bridgehead atoms. The minimum Gasteiger partial charge on any atom is -0.465 e. The molecule has 0 spiro atoms. The molecule has 0 radical (unpaired) electrons. The summed E-state index contributed by atoms with van der Waals surface area (Å²) in [4.78, 5) is 13.7. The summed E-state index contributed by atoms with van der Waals surface area (Å²) >= 11 is 0. The summed E-state index contributed by atoms with van der Waals surface area (Å²) in [6.45, 7) is 0. The molecule has 1 amide bonds. The molecule has 1 aromatic carbocycles. The number of anilines is 2. The zero-order chi connectivity index (χ0) is 17.0. The molecular formula is C15H17N3O4S. The highest BCUT2D eigenvalue weighted by Gasteiger charge is 2.13.